The molecule has 13 heteroatoms. The second-order valence-corrected chi connectivity index (χ2v) is 12.7. The average Bonchev–Trinajstić information content (AvgIpc) is 3.47. The van der Waals surface area contributed by atoms with Gasteiger partial charge in [-0.2, -0.15) is 4.98 Å². The quantitative estimate of drug-likeness (QED) is 0.255. The first kappa shape index (κ1) is 30.5. The van der Waals surface area contributed by atoms with E-state index in [4.69, 9.17) is 15.6 Å². The number of rotatable bonds is 6. The summed E-state index contributed by atoms with van der Waals surface area (Å²) in [5, 5.41) is 40.3. The Morgan fingerprint density at radius 2 is 1.98 bits per heavy atom. The van der Waals surface area contributed by atoms with Gasteiger partial charge in [0.1, 0.15) is 18.9 Å². The lowest BCUT2D eigenvalue weighted by molar-refractivity contribution is -0.182. The first-order valence-corrected chi connectivity index (χ1v) is 14.6. The number of imidazole rings is 1. The summed E-state index contributed by atoms with van der Waals surface area (Å²) < 4.78 is 6.63. The molecule has 0 radical (unpaired) electrons. The number of allylic oxidation sites excluding steroid dienone is 1. The maximum absolute atomic E-state index is 12.4. The van der Waals surface area contributed by atoms with Gasteiger partial charge < -0.3 is 30.9 Å². The Hall–Kier alpha value is -2.97. The summed E-state index contributed by atoms with van der Waals surface area (Å²) >= 11 is 0. The van der Waals surface area contributed by atoms with E-state index in [-0.39, 0.29) is 65.9 Å². The minimum Gasteiger partial charge on any atom is -0.394 e. The van der Waals surface area contributed by atoms with Crippen LogP contribution in [0.4, 0.5) is 5.95 Å². The number of aromatic nitrogens is 4. The monoisotopic (exact) mass is 587 g/mol. The number of anilines is 1. The number of ether oxygens (including phenoxy) is 1. The molecule has 7 atom stereocenters. The number of ketones is 2. The third-order valence-corrected chi connectivity index (χ3v) is 10.6. The smallest absolute Gasteiger partial charge is 0.280 e. The molecule has 4 aliphatic rings. The summed E-state index contributed by atoms with van der Waals surface area (Å²) in [5.41, 5.74) is 4.37. The van der Waals surface area contributed by atoms with Crippen molar-refractivity contribution < 1.29 is 34.8 Å². The van der Waals surface area contributed by atoms with Crippen LogP contribution in [0, 0.1) is 28.6 Å². The summed E-state index contributed by atoms with van der Waals surface area (Å²) in [4.78, 5) is 45.9. The van der Waals surface area contributed by atoms with Crippen molar-refractivity contribution in [1.82, 2.24) is 19.5 Å². The standard InChI is InChI=1S/C21H30O5.C8H11N5O3/c1-19-7-5-13(23)9-12(19)3-4-14-15-6-8-21(26,17(25)11-22)20(15,2)10-16(24)18(14)19;9-8-11-6-5(7(15)12-8)10-3-13(6)4-16-2-1-14/h9,14-16,18,22,24,26H,3-8,10-11H2,1-2H3;3,14H,1-2,4H2,(H3,9,11,12,15)/t14-,15-,16-,18+,19-,20-,21-;/m0./s1. The van der Waals surface area contributed by atoms with Crippen LogP contribution < -0.4 is 11.3 Å². The van der Waals surface area contributed by atoms with Gasteiger partial charge in [-0.15, -0.1) is 0 Å². The van der Waals surface area contributed by atoms with Gasteiger partial charge in [0.25, 0.3) is 5.56 Å². The molecule has 0 spiro atoms. The molecular weight excluding hydrogens is 546 g/mol. The average molecular weight is 588 g/mol. The number of Topliss-reactive ketones (excluding diaryl/α,β-unsaturated/α-hetero) is 1. The highest BCUT2D eigenvalue weighted by Gasteiger charge is 2.68. The topological polar surface area (TPSA) is 214 Å². The number of fused-ring (bicyclic) bond motifs is 6. The predicted octanol–water partition coefficient (Wildman–Crippen LogP) is 0.450. The van der Waals surface area contributed by atoms with E-state index in [2.05, 4.69) is 21.9 Å². The molecule has 2 heterocycles. The molecule has 0 amide bonds. The number of nitrogens with one attached hydrogen (secondary N) is 1. The summed E-state index contributed by atoms with van der Waals surface area (Å²) in [6.45, 7) is 3.76. The number of carbonyl (C=O) groups excluding carboxylic acids is 2. The number of nitrogens with two attached hydrogens (primary N) is 1. The van der Waals surface area contributed by atoms with E-state index in [0.717, 1.165) is 25.7 Å². The summed E-state index contributed by atoms with van der Waals surface area (Å²) in [7, 11) is 0. The fourth-order valence-corrected chi connectivity index (χ4v) is 8.57. The summed E-state index contributed by atoms with van der Waals surface area (Å²) in [6.07, 6.45) is 7.17. The van der Waals surface area contributed by atoms with Gasteiger partial charge in [0.2, 0.25) is 5.95 Å². The molecule has 230 valence electrons. The number of nitrogens with zero attached hydrogens (tertiary/aromatic N) is 3. The van der Waals surface area contributed by atoms with Crippen molar-refractivity contribution in [1.29, 1.82) is 0 Å². The lowest BCUT2D eigenvalue weighted by atomic mass is 9.45. The fourth-order valence-electron chi connectivity index (χ4n) is 8.57. The van der Waals surface area contributed by atoms with E-state index >= 15 is 0 Å². The van der Waals surface area contributed by atoms with Gasteiger partial charge in [-0.1, -0.05) is 19.4 Å². The molecule has 2 aromatic rings. The molecule has 3 saturated carbocycles. The molecule has 0 unspecified atom stereocenters. The zero-order valence-electron chi connectivity index (χ0n) is 24.1. The van der Waals surface area contributed by atoms with Gasteiger partial charge >= 0.3 is 0 Å². The van der Waals surface area contributed by atoms with Crippen molar-refractivity contribution in [2.45, 2.75) is 77.2 Å². The van der Waals surface area contributed by atoms with Crippen molar-refractivity contribution in [2.24, 2.45) is 28.6 Å². The zero-order chi connectivity index (χ0) is 30.4. The molecule has 13 nitrogen and oxygen atoms in total. The third-order valence-electron chi connectivity index (χ3n) is 10.6. The number of hydrogen-bond donors (Lipinski definition) is 6. The molecule has 3 fully saturated rings. The van der Waals surface area contributed by atoms with Crippen LogP contribution in [0.15, 0.2) is 22.8 Å². The number of carbonyl (C=O) groups is 2. The minimum absolute atomic E-state index is 0.0291. The Morgan fingerprint density at radius 3 is 2.69 bits per heavy atom. The number of H-pyrrole nitrogens is 1. The second kappa shape index (κ2) is 11.3. The number of hydrogen-bond acceptors (Lipinski definition) is 11. The van der Waals surface area contributed by atoms with E-state index in [1.165, 1.54) is 16.5 Å². The summed E-state index contributed by atoms with van der Waals surface area (Å²) in [6, 6.07) is 0. The highest BCUT2D eigenvalue weighted by Crippen LogP contribution is 2.67. The van der Waals surface area contributed by atoms with Crippen LogP contribution in [0.1, 0.15) is 58.8 Å². The second-order valence-electron chi connectivity index (χ2n) is 12.7. The van der Waals surface area contributed by atoms with Gasteiger partial charge in [0.15, 0.2) is 22.7 Å². The molecule has 6 rings (SSSR count). The number of aliphatic hydroxyl groups is 4. The Balaban J connectivity index is 0.000000189. The van der Waals surface area contributed by atoms with Gasteiger partial charge in [0.05, 0.1) is 25.6 Å². The normalized spacial score (nSPS) is 35.5. The lowest BCUT2D eigenvalue weighted by Crippen LogP contribution is -2.62. The van der Waals surface area contributed by atoms with Crippen molar-refractivity contribution in [2.75, 3.05) is 25.6 Å². The first-order chi connectivity index (χ1) is 19.9. The number of aromatic amines is 1. The van der Waals surface area contributed by atoms with Crippen LogP contribution in [0.25, 0.3) is 11.2 Å². The zero-order valence-corrected chi connectivity index (χ0v) is 24.1. The molecule has 42 heavy (non-hydrogen) atoms. The highest BCUT2D eigenvalue weighted by molar-refractivity contribution is 5.91. The van der Waals surface area contributed by atoms with Crippen LogP contribution in [-0.4, -0.2) is 83.0 Å². The van der Waals surface area contributed by atoms with Crippen molar-refractivity contribution in [3.05, 3.63) is 28.3 Å². The Bertz CT molecular complexity index is 1450. The van der Waals surface area contributed by atoms with Crippen LogP contribution in [0.3, 0.4) is 0 Å². The van der Waals surface area contributed by atoms with Gasteiger partial charge in [0, 0.05) is 11.8 Å². The van der Waals surface area contributed by atoms with Crippen LogP contribution in [-0.2, 0) is 21.1 Å². The largest absolute Gasteiger partial charge is 0.394 e. The van der Waals surface area contributed by atoms with E-state index < -0.39 is 29.5 Å². The first-order valence-electron chi connectivity index (χ1n) is 14.6. The predicted molar refractivity (Wildman–Crippen MR) is 151 cm³/mol. The van der Waals surface area contributed by atoms with E-state index in [9.17, 15) is 29.7 Å². The SMILES string of the molecule is C[C@]12CCC(=O)C=C1CC[C@@H]1[C@@H]2[C@@H](O)C[C@@]2(C)[C@H]1CC[C@]2(O)C(=O)CO.Nc1nc2c(ncn2COCCO)c(=O)[nH]1. The Morgan fingerprint density at radius 1 is 1.21 bits per heavy atom. The molecule has 7 N–H and O–H groups in total. The molecule has 2 aromatic heterocycles. The van der Waals surface area contributed by atoms with Gasteiger partial charge in [-0.3, -0.25) is 23.9 Å². The maximum atomic E-state index is 12.4. The number of nitrogen functional groups attached to an aromatic ring is 1. The Kier molecular flexibility index (Phi) is 8.18. The van der Waals surface area contributed by atoms with E-state index in [0.29, 0.717) is 24.9 Å². The summed E-state index contributed by atoms with van der Waals surface area (Å²) in [5.74, 6) is 0.169. The molecule has 0 saturated heterocycles. The van der Waals surface area contributed by atoms with E-state index in [1.807, 2.05) is 6.92 Å². The van der Waals surface area contributed by atoms with Gasteiger partial charge in [-0.05, 0) is 67.8 Å². The highest BCUT2D eigenvalue weighted by atomic mass is 16.5. The van der Waals surface area contributed by atoms with E-state index in [1.54, 1.807) is 6.08 Å². The molecular formula is C29H41N5O8. The van der Waals surface area contributed by atoms with Gasteiger partial charge in [-0.25, -0.2) is 4.98 Å². The fraction of sp³-hybridized carbons (Fsp3) is 0.690. The lowest BCUT2D eigenvalue weighted by Gasteiger charge is -2.60. The minimum atomic E-state index is -1.54. The van der Waals surface area contributed by atoms with Crippen molar-refractivity contribution in [3.63, 3.8) is 0 Å². The Labute approximate surface area is 242 Å². The molecule has 0 aromatic carbocycles. The third kappa shape index (κ3) is 4.80. The van der Waals surface area contributed by atoms with Crippen LogP contribution in [0.2, 0.25) is 0 Å². The van der Waals surface area contributed by atoms with Crippen LogP contribution >= 0.6 is 0 Å². The molecule has 0 bridgehead atoms. The van der Waals surface area contributed by atoms with Crippen molar-refractivity contribution >= 4 is 28.7 Å². The molecule has 4 aliphatic carbocycles. The maximum Gasteiger partial charge on any atom is 0.280 e. The molecule has 0 aliphatic heterocycles. The van der Waals surface area contributed by atoms with Crippen molar-refractivity contribution in [3.8, 4) is 0 Å². The number of aliphatic hydroxyl groups excluding tert-OH is 3. The van der Waals surface area contributed by atoms with Crippen LogP contribution in [0.5, 0.6) is 0 Å².